The van der Waals surface area contributed by atoms with Crippen LogP contribution in [-0.2, 0) is 0 Å². The average molecular weight is 274 g/mol. The van der Waals surface area contributed by atoms with Gasteiger partial charge in [0.15, 0.2) is 0 Å². The van der Waals surface area contributed by atoms with E-state index < -0.39 is 0 Å². The van der Waals surface area contributed by atoms with Crippen molar-refractivity contribution in [2.75, 3.05) is 18.0 Å². The summed E-state index contributed by atoms with van der Waals surface area (Å²) in [6, 6.07) is 10.4. The smallest absolute Gasteiger partial charge is 0.0438 e. The van der Waals surface area contributed by atoms with Crippen molar-refractivity contribution in [3.63, 3.8) is 0 Å². The van der Waals surface area contributed by atoms with E-state index in [-0.39, 0.29) is 0 Å². The van der Waals surface area contributed by atoms with Crippen molar-refractivity contribution in [1.29, 1.82) is 0 Å². The minimum absolute atomic E-state index is 0.600. The first kappa shape index (κ1) is 15.4. The molecule has 1 heterocycles. The highest BCUT2D eigenvalue weighted by Crippen LogP contribution is 2.26. The zero-order chi connectivity index (χ0) is 14.7. The molecular weight excluding hydrogens is 244 g/mol. The molecule has 0 spiro atoms. The van der Waals surface area contributed by atoms with Gasteiger partial charge in [-0.15, -0.1) is 0 Å². The fraction of sp³-hybridized carbons (Fsp3) is 0.667. The van der Waals surface area contributed by atoms with E-state index in [0.29, 0.717) is 23.9 Å². The molecule has 0 saturated carbocycles. The van der Waals surface area contributed by atoms with Crippen LogP contribution in [0.15, 0.2) is 24.3 Å². The first-order chi connectivity index (χ1) is 9.52. The van der Waals surface area contributed by atoms with E-state index in [4.69, 9.17) is 0 Å². The fourth-order valence-corrected chi connectivity index (χ4v) is 3.05. The number of piperazine rings is 1. The predicted octanol–water partition coefficient (Wildman–Crippen LogP) is 4.02. The summed E-state index contributed by atoms with van der Waals surface area (Å²) < 4.78 is 0. The summed E-state index contributed by atoms with van der Waals surface area (Å²) >= 11 is 0. The van der Waals surface area contributed by atoms with Crippen LogP contribution in [0.25, 0.3) is 0 Å². The van der Waals surface area contributed by atoms with Crippen LogP contribution in [0.4, 0.5) is 5.69 Å². The molecule has 0 bridgehead atoms. The van der Waals surface area contributed by atoms with Gasteiger partial charge in [0.05, 0.1) is 0 Å². The van der Waals surface area contributed by atoms with Gasteiger partial charge >= 0.3 is 0 Å². The Morgan fingerprint density at radius 1 is 1.15 bits per heavy atom. The number of nitrogens with one attached hydrogen (secondary N) is 1. The van der Waals surface area contributed by atoms with Crippen LogP contribution >= 0.6 is 0 Å². The van der Waals surface area contributed by atoms with E-state index >= 15 is 0 Å². The summed E-state index contributed by atoms with van der Waals surface area (Å²) in [4.78, 5) is 2.61. The van der Waals surface area contributed by atoms with Gasteiger partial charge in [-0.05, 0) is 36.0 Å². The SMILES string of the molecule is CCC1CN(c2ccc(C(C)C)cc2)C(C(C)C)CN1. The average Bonchev–Trinajstić information content (AvgIpc) is 2.46. The van der Waals surface area contributed by atoms with Crippen LogP contribution in [0.2, 0.25) is 0 Å². The van der Waals surface area contributed by atoms with Crippen LogP contribution in [0.1, 0.15) is 52.5 Å². The third-order valence-corrected chi connectivity index (χ3v) is 4.59. The van der Waals surface area contributed by atoms with E-state index in [1.54, 1.807) is 0 Å². The van der Waals surface area contributed by atoms with E-state index in [9.17, 15) is 0 Å². The maximum atomic E-state index is 3.69. The van der Waals surface area contributed by atoms with Gasteiger partial charge in [-0.3, -0.25) is 0 Å². The van der Waals surface area contributed by atoms with Crippen molar-refractivity contribution in [3.05, 3.63) is 29.8 Å². The molecule has 1 aromatic rings. The molecule has 1 aliphatic rings. The molecule has 20 heavy (non-hydrogen) atoms. The second-order valence-electron chi connectivity index (χ2n) is 6.72. The molecule has 0 aliphatic carbocycles. The summed E-state index contributed by atoms with van der Waals surface area (Å²) in [7, 11) is 0. The number of hydrogen-bond acceptors (Lipinski definition) is 2. The first-order valence-corrected chi connectivity index (χ1v) is 8.12. The molecule has 112 valence electrons. The molecule has 2 nitrogen and oxygen atoms in total. The molecule has 2 heteroatoms. The van der Waals surface area contributed by atoms with Gasteiger partial charge in [-0.2, -0.15) is 0 Å². The lowest BCUT2D eigenvalue weighted by Gasteiger charge is -2.44. The van der Waals surface area contributed by atoms with Crippen molar-refractivity contribution < 1.29 is 0 Å². The maximum absolute atomic E-state index is 3.69. The standard InChI is InChI=1S/C18H30N2/c1-6-16-12-20(18(11-19-16)14(4)5)17-9-7-15(8-10-17)13(2)3/h7-10,13-14,16,18-19H,6,11-12H2,1-5H3. The maximum Gasteiger partial charge on any atom is 0.0438 e. The lowest BCUT2D eigenvalue weighted by Crippen LogP contribution is -2.58. The Labute approximate surface area is 124 Å². The van der Waals surface area contributed by atoms with Gasteiger partial charge in [0.25, 0.3) is 0 Å². The van der Waals surface area contributed by atoms with Gasteiger partial charge < -0.3 is 10.2 Å². The van der Waals surface area contributed by atoms with Crippen LogP contribution in [0.3, 0.4) is 0 Å². The molecular formula is C18H30N2. The normalized spacial score (nSPS) is 23.6. The Balaban J connectivity index is 2.20. The van der Waals surface area contributed by atoms with Crippen LogP contribution in [0.5, 0.6) is 0 Å². The van der Waals surface area contributed by atoms with Gasteiger partial charge in [0.1, 0.15) is 0 Å². The van der Waals surface area contributed by atoms with Gasteiger partial charge in [0.2, 0.25) is 0 Å². The van der Waals surface area contributed by atoms with E-state index in [1.165, 1.54) is 17.7 Å². The predicted molar refractivity (Wildman–Crippen MR) is 88.6 cm³/mol. The minimum Gasteiger partial charge on any atom is -0.365 e. The Bertz CT molecular complexity index is 408. The highest BCUT2D eigenvalue weighted by atomic mass is 15.2. The van der Waals surface area contributed by atoms with Crippen molar-refractivity contribution in [3.8, 4) is 0 Å². The molecule has 0 radical (unpaired) electrons. The fourth-order valence-electron chi connectivity index (χ4n) is 3.05. The Morgan fingerprint density at radius 2 is 1.80 bits per heavy atom. The van der Waals surface area contributed by atoms with Gasteiger partial charge in [-0.1, -0.05) is 46.8 Å². The summed E-state index contributed by atoms with van der Waals surface area (Å²) in [5.74, 6) is 1.28. The van der Waals surface area contributed by atoms with Crippen molar-refractivity contribution in [1.82, 2.24) is 5.32 Å². The molecule has 1 fully saturated rings. The molecule has 0 amide bonds. The van der Waals surface area contributed by atoms with Crippen LogP contribution < -0.4 is 10.2 Å². The summed E-state index contributed by atoms with van der Waals surface area (Å²) in [5.41, 5.74) is 2.81. The molecule has 2 unspecified atom stereocenters. The number of rotatable bonds is 4. The Morgan fingerprint density at radius 3 is 2.30 bits per heavy atom. The molecule has 0 aromatic heterocycles. The molecule has 2 rings (SSSR count). The summed E-state index contributed by atoms with van der Waals surface area (Å²) in [5, 5.41) is 3.69. The monoisotopic (exact) mass is 274 g/mol. The lowest BCUT2D eigenvalue weighted by molar-refractivity contribution is 0.333. The molecule has 1 saturated heterocycles. The zero-order valence-corrected chi connectivity index (χ0v) is 13.7. The minimum atomic E-state index is 0.600. The lowest BCUT2D eigenvalue weighted by atomic mass is 9.96. The molecule has 1 aromatic carbocycles. The Kier molecular flexibility index (Phi) is 5.09. The first-order valence-electron chi connectivity index (χ1n) is 8.12. The van der Waals surface area contributed by atoms with E-state index in [2.05, 4.69) is 69.1 Å². The van der Waals surface area contributed by atoms with Crippen LogP contribution in [0, 0.1) is 5.92 Å². The second-order valence-corrected chi connectivity index (χ2v) is 6.72. The number of anilines is 1. The van der Waals surface area contributed by atoms with Gasteiger partial charge in [-0.25, -0.2) is 0 Å². The van der Waals surface area contributed by atoms with Crippen molar-refractivity contribution in [2.45, 2.75) is 59.0 Å². The molecule has 1 N–H and O–H groups in total. The highest BCUT2D eigenvalue weighted by Gasteiger charge is 2.29. The van der Waals surface area contributed by atoms with Crippen molar-refractivity contribution in [2.24, 2.45) is 5.92 Å². The largest absolute Gasteiger partial charge is 0.365 e. The topological polar surface area (TPSA) is 15.3 Å². The second kappa shape index (κ2) is 6.62. The van der Waals surface area contributed by atoms with Gasteiger partial charge in [0, 0.05) is 30.9 Å². The quantitative estimate of drug-likeness (QED) is 0.892. The molecule has 1 aliphatic heterocycles. The highest BCUT2D eigenvalue weighted by molar-refractivity contribution is 5.50. The summed E-state index contributed by atoms with van der Waals surface area (Å²) in [6.45, 7) is 13.7. The Hall–Kier alpha value is -1.02. The van der Waals surface area contributed by atoms with E-state index in [0.717, 1.165) is 13.1 Å². The third kappa shape index (κ3) is 3.35. The summed E-state index contributed by atoms with van der Waals surface area (Å²) in [6.07, 6.45) is 1.20. The van der Waals surface area contributed by atoms with Crippen molar-refractivity contribution >= 4 is 5.69 Å². The third-order valence-electron chi connectivity index (χ3n) is 4.59. The number of benzene rings is 1. The molecule has 2 atom stereocenters. The van der Waals surface area contributed by atoms with Crippen LogP contribution in [-0.4, -0.2) is 25.2 Å². The van der Waals surface area contributed by atoms with E-state index in [1.807, 2.05) is 0 Å². The number of nitrogens with zero attached hydrogens (tertiary/aromatic N) is 1. The zero-order valence-electron chi connectivity index (χ0n) is 13.7. The number of hydrogen-bond donors (Lipinski definition) is 1.